The molecule has 2 rings (SSSR count). The van der Waals surface area contributed by atoms with Crippen LogP contribution >= 0.6 is 11.8 Å². The molecule has 1 aromatic rings. The Hall–Kier alpha value is -1.33. The van der Waals surface area contributed by atoms with E-state index in [9.17, 15) is 20.1 Å². The topological polar surface area (TPSA) is 154 Å². The molecule has 0 radical (unpaired) electrons. The number of aromatic amines is 1. The Labute approximate surface area is 118 Å². The molecule has 0 unspecified atom stereocenters. The molecule has 0 bridgehead atoms. The van der Waals surface area contributed by atoms with E-state index in [0.717, 1.165) is 0 Å². The van der Waals surface area contributed by atoms with Crippen molar-refractivity contribution in [1.82, 2.24) is 9.97 Å². The smallest absolute Gasteiger partial charge is 0.277 e. The lowest BCUT2D eigenvalue weighted by atomic mass is 10.0. The first-order valence-corrected chi connectivity index (χ1v) is 7.02. The SMILES string of the molecule is CSc1nc(N)c(N[C@H]2OC[C@H](O)[C@H](O)[C@H]2O)c(=O)[nH]1. The highest BCUT2D eigenvalue weighted by Crippen LogP contribution is 2.20. The minimum atomic E-state index is -1.40. The summed E-state index contributed by atoms with van der Waals surface area (Å²) >= 11 is 1.22. The van der Waals surface area contributed by atoms with E-state index < -0.39 is 30.1 Å². The fourth-order valence-corrected chi connectivity index (χ4v) is 2.17. The summed E-state index contributed by atoms with van der Waals surface area (Å²) in [7, 11) is 0. The third-order valence-corrected chi connectivity index (χ3v) is 3.49. The van der Waals surface area contributed by atoms with E-state index in [1.165, 1.54) is 11.8 Å². The van der Waals surface area contributed by atoms with Crippen molar-refractivity contribution in [2.75, 3.05) is 23.9 Å². The number of nitrogens with one attached hydrogen (secondary N) is 2. The van der Waals surface area contributed by atoms with Crippen molar-refractivity contribution < 1.29 is 20.1 Å². The van der Waals surface area contributed by atoms with E-state index in [2.05, 4.69) is 15.3 Å². The van der Waals surface area contributed by atoms with Gasteiger partial charge in [0.1, 0.15) is 24.0 Å². The van der Waals surface area contributed by atoms with Gasteiger partial charge in [-0.25, -0.2) is 4.98 Å². The molecule has 0 aliphatic carbocycles. The molecule has 9 nitrogen and oxygen atoms in total. The van der Waals surface area contributed by atoms with E-state index in [-0.39, 0.29) is 18.1 Å². The number of aromatic nitrogens is 2. The predicted molar refractivity (Wildman–Crippen MR) is 72.4 cm³/mol. The first-order chi connectivity index (χ1) is 9.43. The number of aliphatic hydroxyl groups is 3. The van der Waals surface area contributed by atoms with Crippen LogP contribution in [0.4, 0.5) is 11.5 Å². The highest BCUT2D eigenvalue weighted by molar-refractivity contribution is 7.98. The second-order valence-electron chi connectivity index (χ2n) is 4.28. The third-order valence-electron chi connectivity index (χ3n) is 2.91. The number of hydrogen-bond donors (Lipinski definition) is 6. The molecular weight excluding hydrogens is 288 g/mol. The molecular formula is C10H16N4O5S. The summed E-state index contributed by atoms with van der Waals surface area (Å²) in [5.41, 5.74) is 5.09. The molecule has 7 N–H and O–H groups in total. The van der Waals surface area contributed by atoms with Crippen LogP contribution in [-0.4, -0.2) is 62.7 Å². The van der Waals surface area contributed by atoms with Gasteiger partial charge in [-0.15, -0.1) is 0 Å². The highest BCUT2D eigenvalue weighted by Gasteiger charge is 2.38. The van der Waals surface area contributed by atoms with Gasteiger partial charge in [-0.3, -0.25) is 9.78 Å². The van der Waals surface area contributed by atoms with Crippen molar-refractivity contribution in [3.05, 3.63) is 10.4 Å². The quantitative estimate of drug-likeness (QED) is 0.273. The van der Waals surface area contributed by atoms with Gasteiger partial charge in [0.2, 0.25) is 0 Å². The summed E-state index contributed by atoms with van der Waals surface area (Å²) in [4.78, 5) is 18.3. The van der Waals surface area contributed by atoms with Gasteiger partial charge in [-0.2, -0.15) is 0 Å². The molecule has 2 heterocycles. The number of ether oxygens (including phenoxy) is 1. The number of nitrogen functional groups attached to an aromatic ring is 1. The molecule has 0 amide bonds. The zero-order chi connectivity index (χ0) is 14.9. The highest BCUT2D eigenvalue weighted by atomic mass is 32.2. The van der Waals surface area contributed by atoms with Gasteiger partial charge in [-0.1, -0.05) is 11.8 Å². The van der Waals surface area contributed by atoms with Crippen LogP contribution in [0.2, 0.25) is 0 Å². The first-order valence-electron chi connectivity index (χ1n) is 5.80. The van der Waals surface area contributed by atoms with Gasteiger partial charge in [0, 0.05) is 0 Å². The van der Waals surface area contributed by atoms with E-state index in [1.54, 1.807) is 6.26 Å². The van der Waals surface area contributed by atoms with Crippen molar-refractivity contribution in [2.45, 2.75) is 29.7 Å². The fourth-order valence-electron chi connectivity index (χ4n) is 1.78. The second kappa shape index (κ2) is 5.97. The zero-order valence-corrected chi connectivity index (χ0v) is 11.4. The fraction of sp³-hybridized carbons (Fsp3) is 0.600. The lowest BCUT2D eigenvalue weighted by Gasteiger charge is -2.35. The average Bonchev–Trinajstić information content (AvgIpc) is 2.42. The van der Waals surface area contributed by atoms with Gasteiger partial charge in [0.15, 0.2) is 17.2 Å². The maximum atomic E-state index is 11.8. The first kappa shape index (κ1) is 15.1. The summed E-state index contributed by atoms with van der Waals surface area (Å²) in [6, 6.07) is 0. The molecule has 112 valence electrons. The predicted octanol–water partition coefficient (Wildman–Crippen LogP) is -2.08. The molecule has 0 spiro atoms. The Morgan fingerprint density at radius 1 is 1.45 bits per heavy atom. The molecule has 10 heteroatoms. The van der Waals surface area contributed by atoms with Gasteiger partial charge >= 0.3 is 0 Å². The van der Waals surface area contributed by atoms with Crippen LogP contribution in [0.15, 0.2) is 9.95 Å². The van der Waals surface area contributed by atoms with Crippen molar-refractivity contribution in [3.8, 4) is 0 Å². The van der Waals surface area contributed by atoms with E-state index in [4.69, 9.17) is 10.5 Å². The number of nitrogens with zero attached hydrogens (tertiary/aromatic N) is 1. The molecule has 1 saturated heterocycles. The lowest BCUT2D eigenvalue weighted by Crippen LogP contribution is -2.55. The Balaban J connectivity index is 2.20. The minimum Gasteiger partial charge on any atom is -0.388 e. The van der Waals surface area contributed by atoms with Crippen LogP contribution in [0, 0.1) is 0 Å². The number of anilines is 2. The molecule has 4 atom stereocenters. The van der Waals surface area contributed by atoms with Crippen molar-refractivity contribution in [3.63, 3.8) is 0 Å². The Morgan fingerprint density at radius 2 is 2.15 bits per heavy atom. The number of aliphatic hydroxyl groups excluding tert-OH is 3. The molecule has 20 heavy (non-hydrogen) atoms. The van der Waals surface area contributed by atoms with E-state index in [1.807, 2.05) is 0 Å². The lowest BCUT2D eigenvalue weighted by molar-refractivity contribution is -0.178. The molecule has 0 aromatic carbocycles. The molecule has 1 aliphatic heterocycles. The van der Waals surface area contributed by atoms with Crippen molar-refractivity contribution in [2.24, 2.45) is 0 Å². The summed E-state index contributed by atoms with van der Waals surface area (Å²) in [6.45, 7) is -0.177. The summed E-state index contributed by atoms with van der Waals surface area (Å²) in [5.74, 6) is -0.0467. The van der Waals surface area contributed by atoms with Gasteiger partial charge in [0.05, 0.1) is 6.61 Å². The summed E-state index contributed by atoms with van der Waals surface area (Å²) in [5, 5.41) is 31.6. The molecule has 1 aromatic heterocycles. The normalized spacial score (nSPS) is 30.2. The monoisotopic (exact) mass is 304 g/mol. The third kappa shape index (κ3) is 2.88. The maximum absolute atomic E-state index is 11.8. The summed E-state index contributed by atoms with van der Waals surface area (Å²) < 4.78 is 5.13. The molecule has 0 saturated carbocycles. The van der Waals surface area contributed by atoms with Gasteiger partial charge < -0.3 is 31.1 Å². The zero-order valence-electron chi connectivity index (χ0n) is 10.6. The van der Waals surface area contributed by atoms with Gasteiger partial charge in [0.25, 0.3) is 5.56 Å². The van der Waals surface area contributed by atoms with Crippen LogP contribution < -0.4 is 16.6 Å². The number of H-pyrrole nitrogens is 1. The standard InChI is InChI=1S/C10H16N4O5S/c1-20-10-13-7(11)4(8(18)14-10)12-9-6(17)5(16)3(15)2-19-9/h3,5-6,9,12,15-17H,2H2,1H3,(H3,11,13,14,18)/t3-,5-,6+,9-/m0/s1. The van der Waals surface area contributed by atoms with Gasteiger partial charge in [-0.05, 0) is 6.26 Å². The molecule has 1 aliphatic rings. The van der Waals surface area contributed by atoms with Crippen LogP contribution in [0.25, 0.3) is 0 Å². The average molecular weight is 304 g/mol. The number of thioether (sulfide) groups is 1. The number of hydrogen-bond acceptors (Lipinski definition) is 9. The minimum absolute atomic E-state index is 0.0467. The number of nitrogens with two attached hydrogens (primary N) is 1. The maximum Gasteiger partial charge on any atom is 0.277 e. The van der Waals surface area contributed by atoms with Crippen LogP contribution in [0.5, 0.6) is 0 Å². The van der Waals surface area contributed by atoms with Crippen LogP contribution in [0.1, 0.15) is 0 Å². The number of rotatable bonds is 3. The Bertz CT molecular complexity index is 539. The van der Waals surface area contributed by atoms with E-state index in [0.29, 0.717) is 5.16 Å². The molecule has 1 fully saturated rings. The largest absolute Gasteiger partial charge is 0.388 e. The van der Waals surface area contributed by atoms with Crippen LogP contribution in [-0.2, 0) is 4.74 Å². The summed E-state index contributed by atoms with van der Waals surface area (Å²) in [6.07, 6.45) is -3.30. The van der Waals surface area contributed by atoms with Crippen LogP contribution in [0.3, 0.4) is 0 Å². The second-order valence-corrected chi connectivity index (χ2v) is 5.08. The Kier molecular flexibility index (Phi) is 4.50. The van der Waals surface area contributed by atoms with Crippen molar-refractivity contribution in [1.29, 1.82) is 0 Å². The van der Waals surface area contributed by atoms with Crippen molar-refractivity contribution >= 4 is 23.3 Å². The Morgan fingerprint density at radius 3 is 2.75 bits per heavy atom. The van der Waals surface area contributed by atoms with E-state index >= 15 is 0 Å².